The summed E-state index contributed by atoms with van der Waals surface area (Å²) < 4.78 is 13.2. The van der Waals surface area contributed by atoms with Crippen LogP contribution in [0.5, 0.6) is 5.75 Å². The number of anilines is 2. The number of hydrogen-bond acceptors (Lipinski definition) is 10. The number of nitrogen functional groups attached to an aromatic ring is 1. The van der Waals surface area contributed by atoms with Crippen LogP contribution in [0.1, 0.15) is 19.8 Å². The summed E-state index contributed by atoms with van der Waals surface area (Å²) in [5, 5.41) is 12.1. The minimum Gasteiger partial charge on any atom is -0.494 e. The lowest BCUT2D eigenvalue weighted by Gasteiger charge is -2.24. The molecule has 188 valence electrons. The summed E-state index contributed by atoms with van der Waals surface area (Å²) in [6, 6.07) is 7.18. The van der Waals surface area contributed by atoms with Gasteiger partial charge in [0, 0.05) is 20.2 Å². The van der Waals surface area contributed by atoms with Gasteiger partial charge in [0.25, 0.3) is 5.56 Å². The molecule has 35 heavy (non-hydrogen) atoms. The van der Waals surface area contributed by atoms with Crippen LogP contribution in [0.3, 0.4) is 0 Å². The molecule has 1 amide bonds. The van der Waals surface area contributed by atoms with Crippen molar-refractivity contribution in [1.82, 2.24) is 29.8 Å². The van der Waals surface area contributed by atoms with Gasteiger partial charge in [-0.25, -0.2) is 4.79 Å². The summed E-state index contributed by atoms with van der Waals surface area (Å²) >= 11 is 1.08. The van der Waals surface area contributed by atoms with Gasteiger partial charge in [-0.15, -0.1) is 5.10 Å². The highest BCUT2D eigenvalue weighted by Crippen LogP contribution is 2.26. The van der Waals surface area contributed by atoms with Crippen molar-refractivity contribution in [3.8, 4) is 11.4 Å². The average Bonchev–Trinajstić information content (AvgIpc) is 3.32. The van der Waals surface area contributed by atoms with Gasteiger partial charge in [-0.1, -0.05) is 37.2 Å². The van der Waals surface area contributed by atoms with Crippen LogP contribution in [-0.2, 0) is 16.1 Å². The van der Waals surface area contributed by atoms with Gasteiger partial charge in [-0.2, -0.15) is 4.68 Å². The molecular weight excluding hydrogens is 476 g/mol. The molecule has 3 rings (SSSR count). The lowest BCUT2D eigenvalue weighted by Crippen LogP contribution is -2.43. The number of unbranched alkanes of at least 4 members (excludes halogenated alkanes) is 1. The van der Waals surface area contributed by atoms with Crippen LogP contribution in [0.4, 0.5) is 11.5 Å². The standard InChI is InChI=1S/C21H28N8O5S/c1-4-5-10-28-18(22)17(19(31)23-20(28)32)27(11-12-33-2)16(30)13-35-21-24-25-26-29(21)14-8-6-7-9-15(14)34-3/h6-9H,4-5,10-13,22H2,1-3H3,(H,23,31,32). The molecule has 0 saturated carbocycles. The summed E-state index contributed by atoms with van der Waals surface area (Å²) in [4.78, 5) is 41.8. The molecule has 14 heteroatoms. The van der Waals surface area contributed by atoms with E-state index in [4.69, 9.17) is 15.2 Å². The third-order valence-electron chi connectivity index (χ3n) is 5.12. The first-order valence-electron chi connectivity index (χ1n) is 10.9. The smallest absolute Gasteiger partial charge is 0.330 e. The number of nitrogens with two attached hydrogens (primary N) is 1. The zero-order valence-corrected chi connectivity index (χ0v) is 20.6. The number of rotatable bonds is 12. The number of nitrogens with one attached hydrogen (secondary N) is 1. The minimum atomic E-state index is -0.742. The maximum Gasteiger partial charge on any atom is 0.330 e. The van der Waals surface area contributed by atoms with E-state index in [1.54, 1.807) is 12.1 Å². The predicted molar refractivity (Wildman–Crippen MR) is 131 cm³/mol. The van der Waals surface area contributed by atoms with Crippen LogP contribution in [0.15, 0.2) is 39.0 Å². The maximum absolute atomic E-state index is 13.3. The number of methoxy groups -OCH3 is 2. The normalized spacial score (nSPS) is 10.9. The Kier molecular flexibility index (Phi) is 9.03. The second-order valence-corrected chi connectivity index (χ2v) is 8.31. The fourth-order valence-corrected chi connectivity index (χ4v) is 4.11. The molecule has 0 unspecified atom stereocenters. The van der Waals surface area contributed by atoms with Gasteiger partial charge in [0.15, 0.2) is 5.69 Å². The minimum absolute atomic E-state index is 0.0621. The summed E-state index contributed by atoms with van der Waals surface area (Å²) in [5.74, 6) is -0.0463. The first-order valence-corrected chi connectivity index (χ1v) is 11.9. The molecule has 0 fully saturated rings. The van der Waals surface area contributed by atoms with Gasteiger partial charge in [0.1, 0.15) is 17.3 Å². The number of carbonyl (C=O) groups excluding carboxylic acids is 1. The van der Waals surface area contributed by atoms with Crippen LogP contribution in [0.2, 0.25) is 0 Å². The fraction of sp³-hybridized carbons (Fsp3) is 0.429. The zero-order valence-electron chi connectivity index (χ0n) is 19.8. The molecule has 3 N–H and O–H groups in total. The second kappa shape index (κ2) is 12.2. The Morgan fingerprint density at radius 3 is 2.74 bits per heavy atom. The van der Waals surface area contributed by atoms with Crippen LogP contribution < -0.4 is 26.6 Å². The summed E-state index contributed by atoms with van der Waals surface area (Å²) in [7, 11) is 3.02. The van der Waals surface area contributed by atoms with Crippen molar-refractivity contribution in [2.45, 2.75) is 31.5 Å². The molecule has 2 aromatic heterocycles. The number of nitrogens with zero attached hydrogens (tertiary/aromatic N) is 6. The molecule has 0 atom stereocenters. The number of hydrogen-bond donors (Lipinski definition) is 2. The first kappa shape index (κ1) is 26.0. The van der Waals surface area contributed by atoms with Crippen molar-refractivity contribution in [2.24, 2.45) is 0 Å². The van der Waals surface area contributed by atoms with E-state index < -0.39 is 17.2 Å². The molecule has 0 aliphatic rings. The van der Waals surface area contributed by atoms with Crippen LogP contribution in [0, 0.1) is 0 Å². The van der Waals surface area contributed by atoms with Crippen molar-refractivity contribution in [3.63, 3.8) is 0 Å². The molecule has 3 aromatic rings. The van der Waals surface area contributed by atoms with Gasteiger partial charge < -0.3 is 20.1 Å². The van der Waals surface area contributed by atoms with E-state index in [-0.39, 0.29) is 30.4 Å². The van der Waals surface area contributed by atoms with E-state index in [1.165, 1.54) is 28.4 Å². The lowest BCUT2D eigenvalue weighted by molar-refractivity contribution is -0.116. The average molecular weight is 505 g/mol. The van der Waals surface area contributed by atoms with Crippen LogP contribution in [0.25, 0.3) is 5.69 Å². The Labute approximate surface area is 205 Å². The Balaban J connectivity index is 1.89. The van der Waals surface area contributed by atoms with Crippen LogP contribution in [-0.4, -0.2) is 68.8 Å². The zero-order chi connectivity index (χ0) is 25.4. The fourth-order valence-electron chi connectivity index (χ4n) is 3.35. The molecule has 1 aromatic carbocycles. The molecule has 2 heterocycles. The number of aromatic nitrogens is 6. The summed E-state index contributed by atoms with van der Waals surface area (Å²) in [5.41, 5.74) is 5.37. The lowest BCUT2D eigenvalue weighted by atomic mass is 10.3. The largest absolute Gasteiger partial charge is 0.494 e. The molecule has 13 nitrogen and oxygen atoms in total. The molecule has 0 spiro atoms. The van der Waals surface area contributed by atoms with Gasteiger partial charge in [0.05, 0.1) is 19.5 Å². The monoisotopic (exact) mass is 504 g/mol. The Morgan fingerprint density at radius 1 is 1.26 bits per heavy atom. The summed E-state index contributed by atoms with van der Waals surface area (Å²) in [6.07, 6.45) is 1.51. The molecule has 0 aliphatic carbocycles. The van der Waals surface area contributed by atoms with E-state index in [2.05, 4.69) is 20.5 Å². The Bertz CT molecular complexity index is 1270. The highest BCUT2D eigenvalue weighted by molar-refractivity contribution is 7.99. The van der Waals surface area contributed by atoms with E-state index in [0.29, 0.717) is 29.6 Å². The molecule has 0 radical (unpaired) electrons. The van der Waals surface area contributed by atoms with E-state index in [1.807, 2.05) is 19.1 Å². The first-order chi connectivity index (χ1) is 16.9. The SMILES string of the molecule is CCCCn1c(N)c(N(CCOC)C(=O)CSc2nnnn2-c2ccccc2OC)c(=O)[nH]c1=O. The number of benzene rings is 1. The van der Waals surface area contributed by atoms with Crippen molar-refractivity contribution in [2.75, 3.05) is 43.8 Å². The molecule has 0 aliphatic heterocycles. The number of ether oxygens (including phenoxy) is 2. The van der Waals surface area contributed by atoms with Gasteiger partial charge in [-0.3, -0.25) is 19.1 Å². The van der Waals surface area contributed by atoms with E-state index in [9.17, 15) is 14.4 Å². The molecular formula is C21H28N8O5S. The van der Waals surface area contributed by atoms with Crippen molar-refractivity contribution in [1.29, 1.82) is 0 Å². The van der Waals surface area contributed by atoms with Gasteiger partial charge in [-0.05, 0) is 29.0 Å². The van der Waals surface area contributed by atoms with E-state index in [0.717, 1.165) is 18.2 Å². The highest BCUT2D eigenvalue weighted by Gasteiger charge is 2.25. The van der Waals surface area contributed by atoms with Gasteiger partial charge in [0.2, 0.25) is 11.1 Å². The highest BCUT2D eigenvalue weighted by atomic mass is 32.2. The number of H-pyrrole nitrogens is 1. The van der Waals surface area contributed by atoms with Crippen molar-refractivity contribution < 1.29 is 14.3 Å². The number of para-hydroxylation sites is 2. The third-order valence-corrected chi connectivity index (χ3v) is 6.02. The number of tetrazole rings is 1. The van der Waals surface area contributed by atoms with Crippen molar-refractivity contribution >= 4 is 29.2 Å². The second-order valence-electron chi connectivity index (χ2n) is 7.37. The van der Waals surface area contributed by atoms with Crippen molar-refractivity contribution in [3.05, 3.63) is 45.1 Å². The number of amides is 1. The predicted octanol–water partition coefficient (Wildman–Crippen LogP) is 0.675. The quantitative estimate of drug-likeness (QED) is 0.335. The maximum atomic E-state index is 13.3. The van der Waals surface area contributed by atoms with E-state index >= 15 is 0 Å². The van der Waals surface area contributed by atoms with Gasteiger partial charge >= 0.3 is 5.69 Å². The Hall–Kier alpha value is -3.65. The third kappa shape index (κ3) is 5.89. The van der Waals surface area contributed by atoms with Crippen LogP contribution >= 0.6 is 11.8 Å². The summed E-state index contributed by atoms with van der Waals surface area (Å²) in [6.45, 7) is 2.51. The number of carbonyl (C=O) groups is 1. The number of thioether (sulfide) groups is 1. The Morgan fingerprint density at radius 2 is 2.03 bits per heavy atom. The molecule has 0 saturated heterocycles. The molecule has 0 bridgehead atoms. The topological polar surface area (TPSA) is 163 Å². The number of aromatic amines is 1.